The van der Waals surface area contributed by atoms with E-state index in [0.717, 1.165) is 0 Å². The number of aliphatic hydroxyl groups is 1. The summed E-state index contributed by atoms with van der Waals surface area (Å²) in [6.07, 6.45) is 3.98. The van der Waals surface area contributed by atoms with Gasteiger partial charge in [0, 0.05) is 18.6 Å². The van der Waals surface area contributed by atoms with Gasteiger partial charge in [-0.1, -0.05) is 6.58 Å². The van der Waals surface area contributed by atoms with Gasteiger partial charge in [-0.05, 0) is 13.6 Å². The average molecular weight is 181 g/mol. The monoisotopic (exact) mass is 181 g/mol. The number of aliphatic imine (C=N–C) groups is 2. The molecule has 0 heterocycles. The summed E-state index contributed by atoms with van der Waals surface area (Å²) in [5, 5.41) is 12.1. The summed E-state index contributed by atoms with van der Waals surface area (Å²) in [5.41, 5.74) is 0.628. The van der Waals surface area contributed by atoms with E-state index in [9.17, 15) is 5.11 Å². The second kappa shape index (κ2) is 7.24. The molecule has 1 unspecified atom stereocenters. The van der Waals surface area contributed by atoms with E-state index in [4.69, 9.17) is 0 Å². The maximum absolute atomic E-state index is 9.22. The predicted octanol–water partition coefficient (Wildman–Crippen LogP) is 0.713. The van der Waals surface area contributed by atoms with E-state index in [1.807, 2.05) is 0 Å². The first-order chi connectivity index (χ1) is 6.22. The molecule has 0 aromatic heterocycles. The lowest BCUT2D eigenvalue weighted by atomic mass is 10.2. The van der Waals surface area contributed by atoms with E-state index >= 15 is 0 Å². The van der Waals surface area contributed by atoms with Gasteiger partial charge in [-0.25, -0.2) is 0 Å². The highest BCUT2D eigenvalue weighted by molar-refractivity contribution is 5.90. The van der Waals surface area contributed by atoms with Crippen LogP contribution in [0.5, 0.6) is 0 Å². The Hall–Kier alpha value is -1.42. The topological polar surface area (TPSA) is 57.0 Å². The van der Waals surface area contributed by atoms with Gasteiger partial charge in [-0.2, -0.15) is 0 Å². The molecule has 0 bridgehead atoms. The van der Waals surface area contributed by atoms with Crippen molar-refractivity contribution in [3.8, 4) is 0 Å². The predicted molar refractivity (Wildman–Crippen MR) is 56.0 cm³/mol. The van der Waals surface area contributed by atoms with Crippen LogP contribution in [0.3, 0.4) is 0 Å². The highest BCUT2D eigenvalue weighted by Crippen LogP contribution is 1.87. The lowest BCUT2D eigenvalue weighted by Crippen LogP contribution is -2.27. The van der Waals surface area contributed by atoms with E-state index in [-0.39, 0.29) is 0 Å². The minimum Gasteiger partial charge on any atom is -0.387 e. The van der Waals surface area contributed by atoms with Crippen molar-refractivity contribution in [2.24, 2.45) is 9.98 Å². The largest absolute Gasteiger partial charge is 0.387 e. The van der Waals surface area contributed by atoms with Crippen molar-refractivity contribution in [3.63, 3.8) is 0 Å². The molecule has 0 saturated carbocycles. The second-order valence-corrected chi connectivity index (χ2v) is 2.36. The molecule has 0 saturated heterocycles. The maximum Gasteiger partial charge on any atom is 0.0911 e. The molecule has 0 radical (unpaired) electrons. The lowest BCUT2D eigenvalue weighted by molar-refractivity contribution is 0.260. The molecule has 0 fully saturated rings. The van der Waals surface area contributed by atoms with Gasteiger partial charge in [0.25, 0.3) is 0 Å². The summed E-state index contributed by atoms with van der Waals surface area (Å²) in [7, 11) is 0. The molecule has 2 N–H and O–H groups in total. The molecular formula is C9H15N3O. The maximum atomic E-state index is 9.22. The van der Waals surface area contributed by atoms with E-state index < -0.39 is 6.10 Å². The van der Waals surface area contributed by atoms with E-state index in [2.05, 4.69) is 28.6 Å². The van der Waals surface area contributed by atoms with Crippen LogP contribution < -0.4 is 5.32 Å². The summed E-state index contributed by atoms with van der Waals surface area (Å²) in [5.74, 6) is 0. The van der Waals surface area contributed by atoms with Gasteiger partial charge in [0.05, 0.1) is 18.4 Å². The Morgan fingerprint density at radius 3 is 2.85 bits per heavy atom. The number of nitrogens with zero attached hydrogens (tertiary/aromatic N) is 2. The van der Waals surface area contributed by atoms with Gasteiger partial charge in [0.2, 0.25) is 0 Å². The number of hydrogen-bond acceptors (Lipinski definition) is 4. The molecular weight excluding hydrogens is 166 g/mol. The summed E-state index contributed by atoms with van der Waals surface area (Å²) >= 11 is 0. The van der Waals surface area contributed by atoms with Gasteiger partial charge in [0.15, 0.2) is 0 Å². The third kappa shape index (κ3) is 5.81. The van der Waals surface area contributed by atoms with Crippen LogP contribution in [0.1, 0.15) is 6.92 Å². The van der Waals surface area contributed by atoms with E-state index in [1.165, 1.54) is 12.4 Å². The molecule has 72 valence electrons. The Morgan fingerprint density at radius 2 is 2.38 bits per heavy atom. The fourth-order valence-electron chi connectivity index (χ4n) is 0.687. The van der Waals surface area contributed by atoms with Crippen molar-refractivity contribution < 1.29 is 5.11 Å². The third-order valence-corrected chi connectivity index (χ3v) is 1.32. The molecule has 0 aliphatic heterocycles. The highest BCUT2D eigenvalue weighted by atomic mass is 16.3. The van der Waals surface area contributed by atoms with E-state index in [1.54, 1.807) is 13.1 Å². The second-order valence-electron chi connectivity index (χ2n) is 2.36. The first-order valence-electron chi connectivity index (χ1n) is 3.92. The molecule has 0 aliphatic carbocycles. The van der Waals surface area contributed by atoms with Crippen LogP contribution in [0.25, 0.3) is 0 Å². The Labute approximate surface area is 78.4 Å². The van der Waals surface area contributed by atoms with Crippen LogP contribution in [-0.2, 0) is 0 Å². The normalized spacial score (nSPS) is 14.2. The van der Waals surface area contributed by atoms with Gasteiger partial charge in [-0.15, -0.1) is 0 Å². The van der Waals surface area contributed by atoms with Gasteiger partial charge < -0.3 is 10.4 Å². The Kier molecular flexibility index (Phi) is 6.45. The fourth-order valence-corrected chi connectivity index (χ4v) is 0.687. The zero-order chi connectivity index (χ0) is 10.1. The van der Waals surface area contributed by atoms with Crippen LogP contribution >= 0.6 is 0 Å². The van der Waals surface area contributed by atoms with Crippen LogP contribution in [0.15, 0.2) is 35.2 Å². The number of aliphatic hydroxyl groups excluding tert-OH is 1. The average Bonchev–Trinajstić information content (AvgIpc) is 2.10. The molecule has 1 atom stereocenters. The minimum absolute atomic E-state index is 0.468. The zero-order valence-electron chi connectivity index (χ0n) is 7.77. The summed E-state index contributed by atoms with van der Waals surface area (Å²) in [4.78, 5) is 7.42. The highest BCUT2D eigenvalue weighted by Gasteiger charge is 2.03. The lowest BCUT2D eigenvalue weighted by Gasteiger charge is -2.07. The number of hydrogen-bond donors (Lipinski definition) is 2. The van der Waals surface area contributed by atoms with Crippen molar-refractivity contribution in [3.05, 3.63) is 25.2 Å². The summed E-state index contributed by atoms with van der Waals surface area (Å²) < 4.78 is 0. The SMILES string of the molecule is C=CN=C(CN/C=C\N=C)C(C)O. The van der Waals surface area contributed by atoms with E-state index in [0.29, 0.717) is 12.3 Å². The standard InChI is InChI=1S/C9H15N3O/c1-4-12-9(8(2)13)7-11-6-5-10-3/h4-6,8,11,13H,1,3,7H2,2H3/b6-5-,12-9?. The fraction of sp³-hybridized carbons (Fsp3) is 0.333. The van der Waals surface area contributed by atoms with Crippen LogP contribution in [0, 0.1) is 0 Å². The van der Waals surface area contributed by atoms with Gasteiger partial charge in [-0.3, -0.25) is 9.98 Å². The molecule has 4 nitrogen and oxygen atoms in total. The van der Waals surface area contributed by atoms with Crippen molar-refractivity contribution >= 4 is 12.4 Å². The van der Waals surface area contributed by atoms with Gasteiger partial charge in [0.1, 0.15) is 0 Å². The molecule has 0 amide bonds. The number of rotatable bonds is 6. The summed E-state index contributed by atoms with van der Waals surface area (Å²) in [6.45, 7) is 8.85. The minimum atomic E-state index is -0.574. The van der Waals surface area contributed by atoms with Crippen molar-refractivity contribution in [2.45, 2.75) is 13.0 Å². The Balaban J connectivity index is 3.97. The summed E-state index contributed by atoms with van der Waals surface area (Å²) in [6, 6.07) is 0. The zero-order valence-corrected chi connectivity index (χ0v) is 7.77. The number of nitrogens with one attached hydrogen (secondary N) is 1. The van der Waals surface area contributed by atoms with Gasteiger partial charge >= 0.3 is 0 Å². The van der Waals surface area contributed by atoms with Crippen molar-refractivity contribution in [1.82, 2.24) is 5.32 Å². The Bertz CT molecular complexity index is 219. The van der Waals surface area contributed by atoms with Crippen molar-refractivity contribution in [1.29, 1.82) is 0 Å². The first-order valence-corrected chi connectivity index (χ1v) is 3.92. The Morgan fingerprint density at radius 1 is 1.69 bits per heavy atom. The molecule has 4 heteroatoms. The molecule has 0 aliphatic rings. The van der Waals surface area contributed by atoms with Crippen LogP contribution in [0.4, 0.5) is 0 Å². The molecule has 0 aromatic rings. The molecule has 0 aromatic carbocycles. The van der Waals surface area contributed by atoms with Crippen LogP contribution in [-0.4, -0.2) is 30.2 Å². The molecule has 13 heavy (non-hydrogen) atoms. The third-order valence-electron chi connectivity index (χ3n) is 1.32. The smallest absolute Gasteiger partial charge is 0.0911 e. The molecule has 0 spiro atoms. The molecule has 0 rings (SSSR count). The van der Waals surface area contributed by atoms with Crippen LogP contribution in [0.2, 0.25) is 0 Å². The van der Waals surface area contributed by atoms with Crippen molar-refractivity contribution in [2.75, 3.05) is 6.54 Å². The quantitative estimate of drug-likeness (QED) is 0.593. The first kappa shape index (κ1) is 11.6.